The van der Waals surface area contributed by atoms with Gasteiger partial charge in [0.25, 0.3) is 11.6 Å². The lowest BCUT2D eigenvalue weighted by atomic mass is 9.83. The number of hydrogen-bond donors (Lipinski definition) is 0. The molecule has 0 aliphatic carbocycles. The third-order valence-corrected chi connectivity index (χ3v) is 5.12. The molecular formula is C11H3Br2F13O4. The summed E-state index contributed by atoms with van der Waals surface area (Å²) in [5.74, 6) is -34.7. The monoisotopic (exact) mass is 604 g/mol. The Balaban J connectivity index is 6.98. The van der Waals surface area contributed by atoms with Crippen molar-refractivity contribution in [1.29, 1.82) is 0 Å². The van der Waals surface area contributed by atoms with Gasteiger partial charge in [-0.25, -0.2) is 13.6 Å². The maximum atomic E-state index is 14.2. The van der Waals surface area contributed by atoms with E-state index in [4.69, 9.17) is 0 Å². The fraction of sp³-hybridized carbons (Fsp3) is 0.727. The summed E-state index contributed by atoms with van der Waals surface area (Å²) in [6.07, 6.45) is -7.70. The quantitative estimate of drug-likeness (QED) is 0.232. The number of Topliss-reactive ketones (excluding diaryl/α,β-unsaturated/α-hetero) is 2. The predicted octanol–water partition coefficient (Wildman–Crippen LogP) is 4.52. The van der Waals surface area contributed by atoms with Crippen molar-refractivity contribution >= 4 is 49.4 Å². The summed E-state index contributed by atoms with van der Waals surface area (Å²) >= 11 is 1.81. The van der Waals surface area contributed by atoms with E-state index in [1.807, 2.05) is 0 Å². The number of hydrogen-bond acceptors (Lipinski definition) is 4. The molecule has 0 aromatic heterocycles. The van der Waals surface area contributed by atoms with Crippen molar-refractivity contribution < 1.29 is 76.2 Å². The molecule has 0 spiro atoms. The van der Waals surface area contributed by atoms with Crippen molar-refractivity contribution in [3.05, 3.63) is 0 Å². The Labute approximate surface area is 172 Å². The smallest absolute Gasteiger partial charge is 0.436 e. The second-order valence-corrected chi connectivity index (χ2v) is 7.19. The van der Waals surface area contributed by atoms with Crippen molar-refractivity contribution in [3.63, 3.8) is 0 Å². The minimum absolute atomic E-state index is 0.0816. The number of esters is 1. The maximum absolute atomic E-state index is 14.2. The second-order valence-electron chi connectivity index (χ2n) is 5.10. The van der Waals surface area contributed by atoms with Gasteiger partial charge in [-0.1, -0.05) is 0 Å². The highest BCUT2D eigenvalue weighted by atomic mass is 79.9. The van der Waals surface area contributed by atoms with Crippen LogP contribution in [0.15, 0.2) is 0 Å². The summed E-state index contributed by atoms with van der Waals surface area (Å²) in [5, 5.41) is 0. The van der Waals surface area contributed by atoms with E-state index in [9.17, 15) is 71.5 Å². The Morgan fingerprint density at radius 1 is 0.633 bits per heavy atom. The maximum Gasteiger partial charge on any atom is 0.436 e. The standard InChI is InChI=1S/C11H3Br2F13O4/c1-30-4(29)9(20,21)8(18,19)2(27)5(14,11(24,25)26)7(16,17)3(28)6(12,15)10(13,22)23/h1H3. The Morgan fingerprint density at radius 2 is 1.00 bits per heavy atom. The van der Waals surface area contributed by atoms with E-state index in [0.717, 1.165) is 31.9 Å². The molecule has 0 rings (SSSR count). The molecule has 176 valence electrons. The van der Waals surface area contributed by atoms with Crippen LogP contribution < -0.4 is 0 Å². The molecule has 0 aromatic carbocycles. The molecule has 4 nitrogen and oxygen atoms in total. The first kappa shape index (κ1) is 28.9. The highest BCUT2D eigenvalue weighted by Crippen LogP contribution is 2.55. The zero-order valence-corrected chi connectivity index (χ0v) is 16.5. The minimum Gasteiger partial charge on any atom is -0.464 e. The van der Waals surface area contributed by atoms with Gasteiger partial charge in [0.1, 0.15) is 0 Å². The van der Waals surface area contributed by atoms with Gasteiger partial charge in [-0.05, 0) is 31.9 Å². The van der Waals surface area contributed by atoms with Crippen LogP contribution in [0.2, 0.25) is 0 Å². The van der Waals surface area contributed by atoms with Crippen molar-refractivity contribution in [2.75, 3.05) is 7.11 Å². The van der Waals surface area contributed by atoms with E-state index >= 15 is 0 Å². The zero-order valence-electron chi connectivity index (χ0n) is 13.3. The molecule has 0 aliphatic rings. The van der Waals surface area contributed by atoms with Gasteiger partial charge < -0.3 is 4.74 Å². The van der Waals surface area contributed by atoms with Crippen LogP contribution in [0.1, 0.15) is 0 Å². The van der Waals surface area contributed by atoms with Crippen LogP contribution in [0, 0.1) is 0 Å². The van der Waals surface area contributed by atoms with Crippen LogP contribution in [-0.4, -0.2) is 63.7 Å². The number of halogens is 15. The molecule has 0 aliphatic heterocycles. The number of methoxy groups -OCH3 is 1. The summed E-state index contributed by atoms with van der Waals surface area (Å²) in [5.41, 5.74) is -7.72. The summed E-state index contributed by atoms with van der Waals surface area (Å²) in [6.45, 7) is 0. The minimum atomic E-state index is -7.72. The Morgan fingerprint density at radius 3 is 1.27 bits per heavy atom. The second kappa shape index (κ2) is 7.77. The summed E-state index contributed by atoms with van der Waals surface area (Å²) < 4.78 is 171. The van der Waals surface area contributed by atoms with Crippen LogP contribution >= 0.6 is 31.9 Å². The van der Waals surface area contributed by atoms with Gasteiger partial charge in [0.15, 0.2) is 0 Å². The summed E-state index contributed by atoms with van der Waals surface area (Å²) in [6, 6.07) is 0. The summed E-state index contributed by atoms with van der Waals surface area (Å²) in [7, 11) is -0.0816. The third-order valence-electron chi connectivity index (χ3n) is 3.18. The van der Waals surface area contributed by atoms with Crippen molar-refractivity contribution in [2.45, 2.75) is 39.0 Å². The van der Waals surface area contributed by atoms with E-state index in [-0.39, 0.29) is 7.11 Å². The Bertz CT molecular complexity index is 728. The normalized spacial score (nSPS) is 18.3. The number of rotatable bonds is 8. The van der Waals surface area contributed by atoms with Gasteiger partial charge >= 0.3 is 45.0 Å². The van der Waals surface area contributed by atoms with Crippen molar-refractivity contribution in [2.24, 2.45) is 0 Å². The molecule has 0 radical (unpaired) electrons. The Kier molecular flexibility index (Phi) is 7.48. The van der Waals surface area contributed by atoms with E-state index in [0.29, 0.717) is 0 Å². The molecule has 2 unspecified atom stereocenters. The molecule has 0 heterocycles. The van der Waals surface area contributed by atoms with Gasteiger partial charge in [-0.15, -0.1) is 0 Å². The summed E-state index contributed by atoms with van der Waals surface area (Å²) in [4.78, 5) is 27.5. The van der Waals surface area contributed by atoms with Crippen LogP contribution in [0.3, 0.4) is 0 Å². The first-order valence-electron chi connectivity index (χ1n) is 6.31. The lowest BCUT2D eigenvalue weighted by molar-refractivity contribution is -0.298. The van der Waals surface area contributed by atoms with Crippen molar-refractivity contribution in [1.82, 2.24) is 0 Å². The third kappa shape index (κ3) is 4.02. The SMILES string of the molecule is COC(=O)C(F)(F)C(F)(F)C(=O)C(F)(C(F)(F)F)C(F)(F)C(=O)C(F)(Br)C(F)(F)Br. The van der Waals surface area contributed by atoms with Gasteiger partial charge in [0, 0.05) is 0 Å². The fourth-order valence-corrected chi connectivity index (χ4v) is 1.98. The van der Waals surface area contributed by atoms with E-state index in [1.54, 1.807) is 0 Å². The first-order valence-corrected chi connectivity index (χ1v) is 7.90. The predicted molar refractivity (Wildman–Crippen MR) is 73.4 cm³/mol. The zero-order chi connectivity index (χ0) is 24.9. The molecule has 19 heteroatoms. The molecule has 0 amide bonds. The lowest BCUT2D eigenvalue weighted by Gasteiger charge is -2.37. The van der Waals surface area contributed by atoms with E-state index in [1.165, 1.54) is 0 Å². The number of alkyl halides is 15. The lowest BCUT2D eigenvalue weighted by Crippen LogP contribution is -2.72. The molecule has 0 bridgehead atoms. The molecule has 0 saturated heterocycles. The number of carbonyl (C=O) groups excluding carboxylic acids is 3. The molecule has 2 atom stereocenters. The van der Waals surface area contributed by atoms with Crippen LogP contribution in [0.25, 0.3) is 0 Å². The molecule has 0 aromatic rings. The van der Waals surface area contributed by atoms with Crippen LogP contribution in [0.4, 0.5) is 57.1 Å². The van der Waals surface area contributed by atoms with Gasteiger partial charge in [-0.2, -0.15) is 48.3 Å². The number of carbonyl (C=O) groups is 3. The van der Waals surface area contributed by atoms with E-state index < -0.39 is 56.6 Å². The van der Waals surface area contributed by atoms with Gasteiger partial charge in [0.2, 0.25) is 0 Å². The highest BCUT2D eigenvalue weighted by molar-refractivity contribution is 9.13. The molecular weight excluding hydrogens is 603 g/mol. The first-order chi connectivity index (χ1) is 12.8. The average molecular weight is 606 g/mol. The van der Waals surface area contributed by atoms with Gasteiger partial charge in [0.05, 0.1) is 7.11 Å². The topological polar surface area (TPSA) is 60.4 Å². The van der Waals surface area contributed by atoms with Crippen LogP contribution in [-0.2, 0) is 19.1 Å². The number of ether oxygens (including phenoxy) is 1. The average Bonchev–Trinajstić information content (AvgIpc) is 2.55. The fourth-order valence-electron chi connectivity index (χ4n) is 1.55. The van der Waals surface area contributed by atoms with Crippen LogP contribution in [0.5, 0.6) is 0 Å². The molecule has 0 saturated carbocycles. The highest BCUT2D eigenvalue weighted by Gasteiger charge is 2.87. The van der Waals surface area contributed by atoms with Crippen molar-refractivity contribution in [3.8, 4) is 0 Å². The van der Waals surface area contributed by atoms with Gasteiger partial charge in [-0.3, -0.25) is 9.59 Å². The molecule has 0 fully saturated rings. The van der Waals surface area contributed by atoms with E-state index in [2.05, 4.69) is 4.74 Å². The largest absolute Gasteiger partial charge is 0.464 e. The molecule has 0 N–H and O–H groups in total. The Hall–Kier alpha value is -1.14. The molecule has 30 heavy (non-hydrogen) atoms. The number of ketones is 2.